The summed E-state index contributed by atoms with van der Waals surface area (Å²) in [6, 6.07) is 17.3. The van der Waals surface area contributed by atoms with Crippen LogP contribution in [-0.4, -0.2) is 66.1 Å². The van der Waals surface area contributed by atoms with Crippen molar-refractivity contribution in [3.8, 4) is 0 Å². The van der Waals surface area contributed by atoms with Crippen molar-refractivity contribution in [2.75, 3.05) is 12.0 Å². The fraction of sp³-hybridized carbons (Fsp3) is 0.500. The highest BCUT2D eigenvalue weighted by Crippen LogP contribution is 2.40. The van der Waals surface area contributed by atoms with Crippen LogP contribution < -0.4 is 15.4 Å². The maximum atomic E-state index is 13.8. The molecule has 11 heteroatoms. The van der Waals surface area contributed by atoms with Crippen molar-refractivity contribution in [1.82, 2.24) is 20.3 Å². The number of pyridine rings is 1. The molecule has 1 aliphatic carbocycles. The number of aromatic nitrogens is 1. The number of nitrogens with zero attached hydrogens (tertiary/aromatic N) is 1. The number of hydrogen-bond acceptors (Lipinski definition) is 7. The summed E-state index contributed by atoms with van der Waals surface area (Å²) in [6.07, 6.45) is 4.00. The normalized spacial score (nSPS) is 20.8. The van der Waals surface area contributed by atoms with Gasteiger partial charge >= 0.3 is 0 Å². The second kappa shape index (κ2) is 15.1. The highest BCUT2D eigenvalue weighted by Gasteiger charge is 2.40. The maximum Gasteiger partial charge on any atom is 0.239 e. The summed E-state index contributed by atoms with van der Waals surface area (Å²) < 4.78 is 27.2. The summed E-state index contributed by atoms with van der Waals surface area (Å²) in [6.45, 7) is 7.98. The molecule has 2 aromatic carbocycles. The lowest BCUT2D eigenvalue weighted by Crippen LogP contribution is -2.54. The molecular formula is C34H46N4O5S2. The van der Waals surface area contributed by atoms with E-state index in [0.717, 1.165) is 40.5 Å². The Kier molecular flexibility index (Phi) is 11.7. The van der Waals surface area contributed by atoms with E-state index in [-0.39, 0.29) is 29.0 Å². The van der Waals surface area contributed by atoms with Crippen LogP contribution in [0.3, 0.4) is 0 Å². The molecule has 2 amide bonds. The predicted octanol–water partition coefficient (Wildman–Crippen LogP) is 4.30. The summed E-state index contributed by atoms with van der Waals surface area (Å²) in [4.78, 5) is 32.3. The zero-order valence-corrected chi connectivity index (χ0v) is 28.3. The third-order valence-corrected chi connectivity index (χ3v) is 9.93. The van der Waals surface area contributed by atoms with Crippen LogP contribution in [0.2, 0.25) is 0 Å². The Hall–Kier alpha value is -2.99. The van der Waals surface area contributed by atoms with Gasteiger partial charge in [0.05, 0.1) is 23.9 Å². The zero-order valence-electron chi connectivity index (χ0n) is 26.7. The first kappa shape index (κ1) is 34.9. The molecule has 45 heavy (non-hydrogen) atoms. The van der Waals surface area contributed by atoms with Crippen LogP contribution in [0.25, 0.3) is 10.9 Å². The molecule has 3 aromatic rings. The number of nitrogens with one attached hydrogen (secondary N) is 3. The Balaban J connectivity index is 1.53. The van der Waals surface area contributed by atoms with Gasteiger partial charge in [-0.3, -0.25) is 14.6 Å². The Morgan fingerprint density at radius 2 is 1.76 bits per heavy atom. The van der Waals surface area contributed by atoms with Gasteiger partial charge in [-0.15, -0.1) is 11.8 Å². The Morgan fingerprint density at radius 1 is 1.04 bits per heavy atom. The van der Waals surface area contributed by atoms with Gasteiger partial charge in [0.1, 0.15) is 6.04 Å². The number of amides is 2. The molecule has 1 fully saturated rings. The Bertz CT molecular complexity index is 1560. The number of carbonyl (C=O) groups is 2. The summed E-state index contributed by atoms with van der Waals surface area (Å²) in [7, 11) is -3.73. The van der Waals surface area contributed by atoms with Crippen molar-refractivity contribution in [2.24, 2.45) is 17.8 Å². The van der Waals surface area contributed by atoms with Gasteiger partial charge in [0.2, 0.25) is 21.8 Å². The quantitative estimate of drug-likeness (QED) is 0.202. The molecule has 6 atom stereocenters. The molecule has 0 bridgehead atoms. The van der Waals surface area contributed by atoms with E-state index in [1.807, 2.05) is 81.4 Å². The second-order valence-corrected chi connectivity index (χ2v) is 16.2. The van der Waals surface area contributed by atoms with E-state index in [1.165, 1.54) is 11.8 Å². The largest absolute Gasteiger partial charge is 0.391 e. The van der Waals surface area contributed by atoms with Gasteiger partial charge in [0, 0.05) is 33.7 Å². The first-order valence-corrected chi connectivity index (χ1v) is 18.3. The fourth-order valence-electron chi connectivity index (χ4n) is 6.14. The minimum absolute atomic E-state index is 0.00920. The zero-order chi connectivity index (χ0) is 32.8. The number of carbonyl (C=O) groups excluding carboxylic acids is 2. The van der Waals surface area contributed by atoms with E-state index in [4.69, 9.17) is 0 Å². The molecule has 0 aliphatic heterocycles. The minimum atomic E-state index is -3.73. The molecule has 3 unspecified atom stereocenters. The number of aliphatic hydroxyl groups excluding tert-OH is 1. The van der Waals surface area contributed by atoms with Crippen LogP contribution in [0.15, 0.2) is 71.8 Å². The van der Waals surface area contributed by atoms with E-state index < -0.39 is 34.1 Å². The lowest BCUT2D eigenvalue weighted by Gasteiger charge is -2.31. The molecule has 0 saturated heterocycles. The summed E-state index contributed by atoms with van der Waals surface area (Å²) in [5.74, 6) is -0.353. The number of rotatable bonds is 13. The van der Waals surface area contributed by atoms with E-state index in [9.17, 15) is 23.1 Å². The molecule has 0 radical (unpaired) electrons. The van der Waals surface area contributed by atoms with E-state index >= 15 is 0 Å². The number of para-hydroxylation sites is 1. The van der Waals surface area contributed by atoms with Gasteiger partial charge in [-0.2, -0.15) is 0 Å². The number of thioether (sulfide) groups is 1. The van der Waals surface area contributed by atoms with Gasteiger partial charge in [0.15, 0.2) is 0 Å². The summed E-state index contributed by atoms with van der Waals surface area (Å²) >= 11 is 1.34. The summed E-state index contributed by atoms with van der Waals surface area (Å²) in [5, 5.41) is 18.7. The van der Waals surface area contributed by atoms with Gasteiger partial charge in [0.25, 0.3) is 0 Å². The molecule has 1 saturated carbocycles. The first-order valence-electron chi connectivity index (χ1n) is 15.5. The van der Waals surface area contributed by atoms with E-state index in [0.29, 0.717) is 18.8 Å². The average Bonchev–Trinajstić information content (AvgIpc) is 3.33. The minimum Gasteiger partial charge on any atom is -0.391 e. The van der Waals surface area contributed by atoms with Crippen LogP contribution in [0.5, 0.6) is 0 Å². The number of aliphatic hydroxyl groups is 1. The molecule has 4 N–H and O–H groups in total. The second-order valence-electron chi connectivity index (χ2n) is 13.4. The van der Waals surface area contributed by atoms with Crippen molar-refractivity contribution in [3.05, 3.63) is 72.4 Å². The van der Waals surface area contributed by atoms with Gasteiger partial charge in [-0.25, -0.2) is 13.1 Å². The van der Waals surface area contributed by atoms with Gasteiger partial charge in [-0.05, 0) is 76.0 Å². The number of benzene rings is 2. The number of hydrogen-bond donors (Lipinski definition) is 4. The van der Waals surface area contributed by atoms with Crippen LogP contribution in [-0.2, 0) is 26.0 Å². The average molecular weight is 655 g/mol. The number of fused-ring (bicyclic) bond motifs is 1. The van der Waals surface area contributed by atoms with Gasteiger partial charge < -0.3 is 15.7 Å². The SMILES string of the molecule is CC1CC(C[C@@H](O)[C@H](Cc2ccccc2)NC(=O)[C@@H](CSc2cccc3cccnc23)NS(C)(=O)=O)C(C(=O)NC(C)(C)C)C1. The molecule has 1 aliphatic rings. The van der Waals surface area contributed by atoms with Crippen LogP contribution in [0.4, 0.5) is 0 Å². The van der Waals surface area contributed by atoms with Crippen LogP contribution >= 0.6 is 11.8 Å². The molecule has 9 nitrogen and oxygen atoms in total. The first-order chi connectivity index (χ1) is 21.2. The Morgan fingerprint density at radius 3 is 2.44 bits per heavy atom. The van der Waals surface area contributed by atoms with E-state index in [1.54, 1.807) is 6.20 Å². The van der Waals surface area contributed by atoms with Crippen molar-refractivity contribution in [3.63, 3.8) is 0 Å². The van der Waals surface area contributed by atoms with Crippen LogP contribution in [0.1, 0.15) is 52.5 Å². The van der Waals surface area contributed by atoms with Crippen molar-refractivity contribution in [2.45, 2.75) is 82.0 Å². The molecule has 0 spiro atoms. The highest BCUT2D eigenvalue weighted by atomic mass is 32.2. The number of sulfonamides is 1. The lowest BCUT2D eigenvalue weighted by atomic mass is 9.86. The standard InChI is InChI=1S/C34H46N4O5S2/c1-22-17-25(26(18-22)32(40)37-34(2,3)4)20-29(39)27(19-23-11-7-6-8-12-23)36-33(41)28(38-45(5,42)43)21-44-30-15-9-13-24-14-10-16-35-31(24)30/h6-16,22,25-29,38-39H,17-21H2,1-5H3,(H,36,41)(H,37,40)/t22?,25?,26?,27-,28+,29+/m0/s1. The predicted molar refractivity (Wildman–Crippen MR) is 180 cm³/mol. The maximum absolute atomic E-state index is 13.8. The van der Waals surface area contributed by atoms with Crippen molar-refractivity contribution < 1.29 is 23.1 Å². The Labute approximate surface area is 271 Å². The fourth-order valence-corrected chi connectivity index (χ4v) is 8.02. The third-order valence-electron chi connectivity index (χ3n) is 8.07. The lowest BCUT2D eigenvalue weighted by molar-refractivity contribution is -0.128. The van der Waals surface area contributed by atoms with Crippen LogP contribution in [0, 0.1) is 17.8 Å². The molecule has 1 heterocycles. The topological polar surface area (TPSA) is 137 Å². The van der Waals surface area contributed by atoms with Crippen molar-refractivity contribution >= 4 is 44.5 Å². The van der Waals surface area contributed by atoms with Gasteiger partial charge in [-0.1, -0.05) is 55.5 Å². The molecule has 4 rings (SSSR count). The molecular weight excluding hydrogens is 609 g/mol. The molecule has 1 aromatic heterocycles. The monoisotopic (exact) mass is 654 g/mol. The van der Waals surface area contributed by atoms with Crippen molar-refractivity contribution in [1.29, 1.82) is 0 Å². The highest BCUT2D eigenvalue weighted by molar-refractivity contribution is 7.99. The smallest absolute Gasteiger partial charge is 0.239 e. The van der Waals surface area contributed by atoms with E-state index in [2.05, 4.69) is 27.3 Å². The molecule has 244 valence electrons. The summed E-state index contributed by atoms with van der Waals surface area (Å²) in [5.41, 5.74) is 1.33. The third kappa shape index (κ3) is 10.5.